The molecule has 0 bridgehead atoms. The zero-order chi connectivity index (χ0) is 21.2. The third-order valence-electron chi connectivity index (χ3n) is 5.73. The summed E-state index contributed by atoms with van der Waals surface area (Å²) < 4.78 is 30.8. The zero-order valence-electron chi connectivity index (χ0n) is 16.9. The van der Waals surface area contributed by atoms with Gasteiger partial charge in [-0.05, 0) is 43.4 Å². The molecular weight excluding hydrogens is 412 g/mol. The number of sulfone groups is 1. The molecule has 1 fully saturated rings. The Hall–Kier alpha value is -1.86. The van der Waals surface area contributed by atoms with Gasteiger partial charge in [0.2, 0.25) is 11.8 Å². The van der Waals surface area contributed by atoms with E-state index in [0.717, 1.165) is 19.3 Å². The first kappa shape index (κ1) is 21.8. The van der Waals surface area contributed by atoms with Gasteiger partial charge in [-0.25, -0.2) is 13.4 Å². The average Bonchev–Trinajstić information content (AvgIpc) is 2.98. The van der Waals surface area contributed by atoms with Crippen LogP contribution in [0, 0.1) is 18.8 Å². The number of carbonyl (C=O) groups is 1. The molecule has 1 amide bonds. The highest BCUT2D eigenvalue weighted by molar-refractivity contribution is 7.91. The van der Waals surface area contributed by atoms with Gasteiger partial charge in [0.15, 0.2) is 9.84 Å². The van der Waals surface area contributed by atoms with Crippen LogP contribution in [0.15, 0.2) is 28.7 Å². The van der Waals surface area contributed by atoms with Crippen molar-refractivity contribution in [3.05, 3.63) is 40.7 Å². The fourth-order valence-corrected chi connectivity index (χ4v) is 5.26. The molecule has 1 N–H and O–H groups in total. The highest BCUT2D eigenvalue weighted by Crippen LogP contribution is 2.29. The molecule has 3 atom stereocenters. The van der Waals surface area contributed by atoms with Gasteiger partial charge >= 0.3 is 0 Å². The second kappa shape index (κ2) is 8.88. The van der Waals surface area contributed by atoms with Crippen molar-refractivity contribution >= 4 is 27.3 Å². The average molecular weight is 439 g/mol. The molecule has 1 aliphatic carbocycles. The van der Waals surface area contributed by atoms with Gasteiger partial charge in [0.1, 0.15) is 11.5 Å². The molecule has 0 radical (unpaired) electrons. The van der Waals surface area contributed by atoms with Crippen molar-refractivity contribution in [2.75, 3.05) is 5.75 Å². The molecule has 1 heterocycles. The summed E-state index contributed by atoms with van der Waals surface area (Å²) in [5, 5.41) is 3.45. The quantitative estimate of drug-likeness (QED) is 0.731. The number of amides is 1. The summed E-state index contributed by atoms with van der Waals surface area (Å²) in [5.41, 5.74) is 0.981. The first-order valence-corrected chi connectivity index (χ1v) is 12.1. The van der Waals surface area contributed by atoms with Gasteiger partial charge in [0.05, 0.1) is 11.4 Å². The monoisotopic (exact) mass is 438 g/mol. The van der Waals surface area contributed by atoms with E-state index in [0.29, 0.717) is 39.8 Å². The summed E-state index contributed by atoms with van der Waals surface area (Å²) in [4.78, 5) is 16.7. The standard InChI is InChI=1S/C21H27ClN2O4S/c1-13-6-4-9-18(14(13)2)23-20(25)12-29(26,27)11-19-15(3)28-21(24-19)16-7-5-8-17(22)10-16/h5,7-8,10,13-14,18H,4,6,9,11-12H2,1-3H3,(H,23,25)/t13-,14+,18+/m0/s1. The van der Waals surface area contributed by atoms with Gasteiger partial charge in [-0.15, -0.1) is 0 Å². The highest BCUT2D eigenvalue weighted by atomic mass is 35.5. The SMILES string of the molecule is Cc1oc(-c2cccc(Cl)c2)nc1CS(=O)(=O)CC(=O)N[C@@H]1CCC[C@H](C)[C@H]1C. The summed E-state index contributed by atoms with van der Waals surface area (Å²) >= 11 is 5.99. The van der Waals surface area contributed by atoms with E-state index in [2.05, 4.69) is 24.1 Å². The van der Waals surface area contributed by atoms with Crippen molar-refractivity contribution in [3.63, 3.8) is 0 Å². The molecule has 0 spiro atoms. The molecule has 29 heavy (non-hydrogen) atoms. The number of hydrogen-bond acceptors (Lipinski definition) is 5. The molecular formula is C21H27ClN2O4S. The van der Waals surface area contributed by atoms with Crippen LogP contribution in [-0.4, -0.2) is 31.1 Å². The van der Waals surface area contributed by atoms with E-state index >= 15 is 0 Å². The topological polar surface area (TPSA) is 89.3 Å². The summed E-state index contributed by atoms with van der Waals surface area (Å²) in [5.74, 6) is 0.244. The van der Waals surface area contributed by atoms with Crippen LogP contribution in [0.3, 0.4) is 0 Å². The number of nitrogens with one attached hydrogen (secondary N) is 1. The predicted octanol–water partition coefficient (Wildman–Crippen LogP) is 4.16. The maximum atomic E-state index is 12.6. The molecule has 1 saturated carbocycles. The van der Waals surface area contributed by atoms with Gasteiger partial charge in [-0.1, -0.05) is 44.4 Å². The second-order valence-corrected chi connectivity index (χ2v) is 10.5. The molecule has 0 unspecified atom stereocenters. The third kappa shape index (κ3) is 5.60. The maximum Gasteiger partial charge on any atom is 0.235 e. The third-order valence-corrected chi connectivity index (χ3v) is 7.38. The Kier molecular flexibility index (Phi) is 6.69. The summed E-state index contributed by atoms with van der Waals surface area (Å²) in [6.45, 7) is 5.95. The van der Waals surface area contributed by atoms with Crippen molar-refractivity contribution in [2.24, 2.45) is 11.8 Å². The van der Waals surface area contributed by atoms with Crippen LogP contribution < -0.4 is 5.32 Å². The molecule has 0 saturated heterocycles. The Morgan fingerprint density at radius 3 is 2.79 bits per heavy atom. The van der Waals surface area contributed by atoms with Gasteiger partial charge in [0.25, 0.3) is 0 Å². The van der Waals surface area contributed by atoms with E-state index in [4.69, 9.17) is 16.0 Å². The summed E-state index contributed by atoms with van der Waals surface area (Å²) in [7, 11) is -3.68. The lowest BCUT2D eigenvalue weighted by atomic mass is 9.78. The molecule has 158 valence electrons. The fourth-order valence-electron chi connectivity index (χ4n) is 3.80. The van der Waals surface area contributed by atoms with E-state index in [-0.39, 0.29) is 11.8 Å². The van der Waals surface area contributed by atoms with Crippen LogP contribution in [-0.2, 0) is 20.4 Å². The lowest BCUT2D eigenvalue weighted by Crippen LogP contribution is -2.45. The first-order chi connectivity index (χ1) is 13.6. The Bertz CT molecular complexity index is 986. The summed E-state index contributed by atoms with van der Waals surface area (Å²) in [6, 6.07) is 7.02. The number of benzene rings is 1. The largest absolute Gasteiger partial charge is 0.441 e. The second-order valence-electron chi connectivity index (χ2n) is 8.01. The Labute approximate surface area is 177 Å². The van der Waals surface area contributed by atoms with Crippen LogP contribution in [0.25, 0.3) is 11.5 Å². The summed E-state index contributed by atoms with van der Waals surface area (Å²) in [6.07, 6.45) is 3.09. The molecule has 8 heteroatoms. The maximum absolute atomic E-state index is 12.6. The lowest BCUT2D eigenvalue weighted by molar-refractivity contribution is -0.120. The first-order valence-electron chi connectivity index (χ1n) is 9.86. The number of carbonyl (C=O) groups excluding carboxylic acids is 1. The number of oxazole rings is 1. The van der Waals surface area contributed by atoms with E-state index in [1.807, 2.05) is 0 Å². The van der Waals surface area contributed by atoms with Crippen LogP contribution in [0.1, 0.15) is 44.6 Å². The van der Waals surface area contributed by atoms with Crippen LogP contribution in [0.2, 0.25) is 5.02 Å². The molecule has 2 aromatic rings. The number of hydrogen-bond donors (Lipinski definition) is 1. The van der Waals surface area contributed by atoms with E-state index in [9.17, 15) is 13.2 Å². The van der Waals surface area contributed by atoms with Gasteiger partial charge in [0, 0.05) is 16.6 Å². The van der Waals surface area contributed by atoms with Crippen molar-refractivity contribution in [1.29, 1.82) is 0 Å². The minimum atomic E-state index is -3.68. The Morgan fingerprint density at radius 1 is 1.31 bits per heavy atom. The van der Waals surface area contributed by atoms with E-state index in [1.54, 1.807) is 31.2 Å². The van der Waals surface area contributed by atoms with E-state index in [1.165, 1.54) is 0 Å². The molecule has 1 aromatic carbocycles. The van der Waals surface area contributed by atoms with Crippen LogP contribution in [0.4, 0.5) is 0 Å². The number of rotatable bonds is 6. The molecule has 0 aliphatic heterocycles. The fraction of sp³-hybridized carbons (Fsp3) is 0.524. The van der Waals surface area contributed by atoms with Crippen molar-refractivity contribution < 1.29 is 17.6 Å². The Morgan fingerprint density at radius 2 is 2.07 bits per heavy atom. The van der Waals surface area contributed by atoms with E-state index < -0.39 is 21.5 Å². The van der Waals surface area contributed by atoms with Crippen molar-refractivity contribution in [2.45, 2.75) is 51.8 Å². The molecule has 1 aromatic heterocycles. The minimum absolute atomic E-state index is 0.0321. The number of aryl methyl sites for hydroxylation is 1. The number of halogens is 1. The van der Waals surface area contributed by atoms with Gasteiger partial charge in [-0.3, -0.25) is 4.79 Å². The molecule has 6 nitrogen and oxygen atoms in total. The number of nitrogens with zero attached hydrogens (tertiary/aromatic N) is 1. The van der Waals surface area contributed by atoms with Gasteiger partial charge in [-0.2, -0.15) is 0 Å². The number of aromatic nitrogens is 1. The Balaban J connectivity index is 1.65. The normalized spacial score (nSPS) is 22.4. The molecule has 3 rings (SSSR count). The molecule has 1 aliphatic rings. The predicted molar refractivity (Wildman–Crippen MR) is 113 cm³/mol. The zero-order valence-corrected chi connectivity index (χ0v) is 18.5. The van der Waals surface area contributed by atoms with Crippen molar-refractivity contribution in [3.8, 4) is 11.5 Å². The smallest absolute Gasteiger partial charge is 0.235 e. The highest BCUT2D eigenvalue weighted by Gasteiger charge is 2.30. The van der Waals surface area contributed by atoms with Gasteiger partial charge < -0.3 is 9.73 Å². The minimum Gasteiger partial charge on any atom is -0.441 e. The van der Waals surface area contributed by atoms with Crippen molar-refractivity contribution in [1.82, 2.24) is 10.3 Å². The lowest BCUT2D eigenvalue weighted by Gasteiger charge is -2.34. The van der Waals surface area contributed by atoms with Crippen LogP contribution in [0.5, 0.6) is 0 Å². The van der Waals surface area contributed by atoms with Crippen LogP contribution >= 0.6 is 11.6 Å².